The third-order valence-corrected chi connectivity index (χ3v) is 6.59. The van der Waals surface area contributed by atoms with Crippen molar-refractivity contribution in [1.29, 1.82) is 0 Å². The molecule has 1 fully saturated rings. The summed E-state index contributed by atoms with van der Waals surface area (Å²) in [6, 6.07) is 17.3. The molecule has 4 aromatic rings. The Hall–Kier alpha value is -2.92. The number of piperazine rings is 1. The fourth-order valence-corrected chi connectivity index (χ4v) is 5.16. The molecule has 2 aromatic carbocycles. The van der Waals surface area contributed by atoms with Gasteiger partial charge in [-0.25, -0.2) is 9.97 Å². The van der Waals surface area contributed by atoms with Gasteiger partial charge in [0.15, 0.2) is 0 Å². The second-order valence-electron chi connectivity index (χ2n) is 7.66. The molecule has 146 valence electrons. The lowest BCUT2D eigenvalue weighted by atomic mass is 10.1. The SMILES string of the molecule is Cc1ccc(N2CCN(c3ncnc4scc(-c5ccccc5)c34)CC2)c(C)c1. The third-order valence-electron chi connectivity index (χ3n) is 5.71. The zero-order valence-electron chi connectivity index (χ0n) is 16.8. The van der Waals surface area contributed by atoms with Crippen molar-refractivity contribution in [2.24, 2.45) is 0 Å². The van der Waals surface area contributed by atoms with Crippen LogP contribution in [0.2, 0.25) is 0 Å². The summed E-state index contributed by atoms with van der Waals surface area (Å²) in [5.41, 5.74) is 6.48. The van der Waals surface area contributed by atoms with Crippen LogP contribution in [0.4, 0.5) is 11.5 Å². The molecular formula is C24H24N4S. The molecule has 0 bridgehead atoms. The van der Waals surface area contributed by atoms with Crippen LogP contribution >= 0.6 is 11.3 Å². The van der Waals surface area contributed by atoms with Crippen molar-refractivity contribution in [3.05, 3.63) is 71.4 Å². The molecule has 0 amide bonds. The number of fused-ring (bicyclic) bond motifs is 1. The first-order chi connectivity index (χ1) is 14.2. The topological polar surface area (TPSA) is 32.3 Å². The predicted molar refractivity (Wildman–Crippen MR) is 123 cm³/mol. The summed E-state index contributed by atoms with van der Waals surface area (Å²) >= 11 is 1.70. The van der Waals surface area contributed by atoms with E-state index < -0.39 is 0 Å². The van der Waals surface area contributed by atoms with Gasteiger partial charge in [-0.1, -0.05) is 48.0 Å². The van der Waals surface area contributed by atoms with E-state index >= 15 is 0 Å². The lowest BCUT2D eigenvalue weighted by Crippen LogP contribution is -2.47. The van der Waals surface area contributed by atoms with Gasteiger partial charge in [-0.05, 0) is 31.0 Å². The lowest BCUT2D eigenvalue weighted by Gasteiger charge is -2.37. The van der Waals surface area contributed by atoms with Gasteiger partial charge in [0.05, 0.1) is 5.39 Å². The Bertz CT molecular complexity index is 1140. The molecule has 2 aromatic heterocycles. The molecule has 0 aliphatic carbocycles. The summed E-state index contributed by atoms with van der Waals surface area (Å²) in [6.45, 7) is 8.29. The number of nitrogens with zero attached hydrogens (tertiary/aromatic N) is 4. The largest absolute Gasteiger partial charge is 0.368 e. The Morgan fingerprint density at radius 1 is 0.862 bits per heavy atom. The highest BCUT2D eigenvalue weighted by molar-refractivity contribution is 7.17. The summed E-state index contributed by atoms with van der Waals surface area (Å²) in [5, 5.41) is 3.40. The number of hydrogen-bond acceptors (Lipinski definition) is 5. The number of benzene rings is 2. The summed E-state index contributed by atoms with van der Waals surface area (Å²) in [6.07, 6.45) is 1.71. The number of anilines is 2. The van der Waals surface area contributed by atoms with Gasteiger partial charge < -0.3 is 9.80 Å². The monoisotopic (exact) mass is 400 g/mol. The highest BCUT2D eigenvalue weighted by Crippen LogP contribution is 2.38. The third kappa shape index (κ3) is 3.36. The molecule has 3 heterocycles. The summed E-state index contributed by atoms with van der Waals surface area (Å²) < 4.78 is 0. The van der Waals surface area contributed by atoms with Gasteiger partial charge >= 0.3 is 0 Å². The molecule has 1 aliphatic rings. The van der Waals surface area contributed by atoms with Crippen LogP contribution in [0.15, 0.2) is 60.2 Å². The Morgan fingerprint density at radius 2 is 1.62 bits per heavy atom. The number of hydrogen-bond donors (Lipinski definition) is 0. The first-order valence-corrected chi connectivity index (χ1v) is 10.9. The van der Waals surface area contributed by atoms with Crippen LogP contribution in [0.1, 0.15) is 11.1 Å². The van der Waals surface area contributed by atoms with Gasteiger partial charge in [0.25, 0.3) is 0 Å². The molecule has 1 aliphatic heterocycles. The minimum Gasteiger partial charge on any atom is -0.368 e. The zero-order chi connectivity index (χ0) is 19.8. The molecule has 5 heteroatoms. The molecule has 29 heavy (non-hydrogen) atoms. The first-order valence-electron chi connectivity index (χ1n) is 10.1. The smallest absolute Gasteiger partial charge is 0.141 e. The van der Waals surface area contributed by atoms with Crippen molar-refractivity contribution in [3.8, 4) is 11.1 Å². The zero-order valence-corrected chi connectivity index (χ0v) is 17.6. The van der Waals surface area contributed by atoms with E-state index in [9.17, 15) is 0 Å². The maximum Gasteiger partial charge on any atom is 0.141 e. The van der Waals surface area contributed by atoms with E-state index in [-0.39, 0.29) is 0 Å². The van der Waals surface area contributed by atoms with E-state index in [4.69, 9.17) is 4.98 Å². The minimum absolute atomic E-state index is 0.962. The molecule has 5 rings (SSSR count). The highest BCUT2D eigenvalue weighted by Gasteiger charge is 2.23. The summed E-state index contributed by atoms with van der Waals surface area (Å²) in [4.78, 5) is 15.2. The van der Waals surface area contributed by atoms with Gasteiger partial charge in [-0.15, -0.1) is 11.3 Å². The fraction of sp³-hybridized carbons (Fsp3) is 0.250. The van der Waals surface area contributed by atoms with Crippen molar-refractivity contribution in [1.82, 2.24) is 9.97 Å². The number of rotatable bonds is 3. The lowest BCUT2D eigenvalue weighted by molar-refractivity contribution is 0.648. The van der Waals surface area contributed by atoms with E-state index in [0.717, 1.165) is 36.8 Å². The van der Waals surface area contributed by atoms with Crippen LogP contribution in [-0.4, -0.2) is 36.1 Å². The van der Waals surface area contributed by atoms with Gasteiger partial charge in [0, 0.05) is 42.8 Å². The maximum absolute atomic E-state index is 4.72. The standard InChI is InChI=1S/C24H24N4S/c1-17-8-9-21(18(2)14-17)27-10-12-28(13-11-27)23-22-20(19-6-4-3-5-7-19)15-29-24(22)26-16-25-23/h3-9,14-16H,10-13H2,1-2H3. The van der Waals surface area contributed by atoms with Crippen molar-refractivity contribution in [2.45, 2.75) is 13.8 Å². The van der Waals surface area contributed by atoms with Gasteiger partial charge in [-0.2, -0.15) is 0 Å². The first kappa shape index (κ1) is 18.1. The maximum atomic E-state index is 4.72. The Morgan fingerprint density at radius 3 is 2.38 bits per heavy atom. The van der Waals surface area contributed by atoms with Crippen LogP contribution in [0.5, 0.6) is 0 Å². The molecular weight excluding hydrogens is 376 g/mol. The molecule has 0 saturated carbocycles. The second-order valence-corrected chi connectivity index (χ2v) is 8.51. The van der Waals surface area contributed by atoms with Crippen LogP contribution in [0.3, 0.4) is 0 Å². The molecule has 0 spiro atoms. The number of aromatic nitrogens is 2. The fourth-order valence-electron chi connectivity index (χ4n) is 4.25. The van der Waals surface area contributed by atoms with E-state index in [2.05, 4.69) is 82.5 Å². The van der Waals surface area contributed by atoms with Crippen molar-refractivity contribution >= 4 is 33.1 Å². The van der Waals surface area contributed by atoms with Gasteiger partial charge in [0.1, 0.15) is 17.0 Å². The van der Waals surface area contributed by atoms with E-state index in [1.807, 2.05) is 0 Å². The van der Waals surface area contributed by atoms with Crippen LogP contribution in [-0.2, 0) is 0 Å². The molecule has 4 nitrogen and oxygen atoms in total. The molecule has 0 atom stereocenters. The Labute approximate surface area is 175 Å². The second kappa shape index (κ2) is 7.48. The van der Waals surface area contributed by atoms with Gasteiger partial charge in [-0.3, -0.25) is 0 Å². The molecule has 1 saturated heterocycles. The van der Waals surface area contributed by atoms with Crippen molar-refractivity contribution in [3.63, 3.8) is 0 Å². The molecule has 0 N–H and O–H groups in total. The van der Waals surface area contributed by atoms with E-state index in [1.165, 1.54) is 33.3 Å². The van der Waals surface area contributed by atoms with Crippen LogP contribution < -0.4 is 9.80 Å². The Kier molecular flexibility index (Phi) is 4.68. The van der Waals surface area contributed by atoms with E-state index in [0.29, 0.717) is 0 Å². The van der Waals surface area contributed by atoms with Crippen molar-refractivity contribution in [2.75, 3.05) is 36.0 Å². The molecule has 0 unspecified atom stereocenters. The molecule has 0 radical (unpaired) electrons. The number of thiophene rings is 1. The number of aryl methyl sites for hydroxylation is 2. The minimum atomic E-state index is 0.962. The quantitative estimate of drug-likeness (QED) is 0.467. The summed E-state index contributed by atoms with van der Waals surface area (Å²) in [7, 11) is 0. The van der Waals surface area contributed by atoms with Gasteiger partial charge in [0.2, 0.25) is 0 Å². The van der Waals surface area contributed by atoms with Crippen molar-refractivity contribution < 1.29 is 0 Å². The summed E-state index contributed by atoms with van der Waals surface area (Å²) in [5.74, 6) is 1.07. The highest BCUT2D eigenvalue weighted by atomic mass is 32.1. The van der Waals surface area contributed by atoms with E-state index in [1.54, 1.807) is 17.7 Å². The average Bonchev–Trinajstić information content (AvgIpc) is 3.19. The Balaban J connectivity index is 1.45. The van der Waals surface area contributed by atoms with Crippen LogP contribution in [0, 0.1) is 13.8 Å². The normalized spacial score (nSPS) is 14.6. The predicted octanol–water partition coefficient (Wildman–Crippen LogP) is 5.30. The average molecular weight is 401 g/mol. The van der Waals surface area contributed by atoms with Crippen LogP contribution in [0.25, 0.3) is 21.3 Å².